The fourth-order valence-corrected chi connectivity index (χ4v) is 2.97. The van der Waals surface area contributed by atoms with E-state index in [9.17, 15) is 20.0 Å². The zero-order valence-electron chi connectivity index (χ0n) is 13.4. The van der Waals surface area contributed by atoms with E-state index in [1.54, 1.807) is 33.9 Å². The van der Waals surface area contributed by atoms with Gasteiger partial charge in [-0.2, -0.15) is 0 Å². The van der Waals surface area contributed by atoms with Crippen LogP contribution in [0.3, 0.4) is 0 Å². The highest BCUT2D eigenvalue weighted by molar-refractivity contribution is 5.98. The number of carbonyl (C=O) groups is 1. The van der Waals surface area contributed by atoms with Crippen LogP contribution in [0.2, 0.25) is 0 Å². The Morgan fingerprint density at radius 1 is 1.41 bits per heavy atom. The Hall–Kier alpha value is -1.95. The lowest BCUT2D eigenvalue weighted by atomic mass is 9.96. The molecule has 0 spiro atoms. The van der Waals surface area contributed by atoms with Crippen LogP contribution in [0.4, 0.5) is 5.69 Å². The van der Waals surface area contributed by atoms with E-state index in [1.165, 1.54) is 4.90 Å². The Morgan fingerprint density at radius 2 is 2.00 bits per heavy atom. The predicted octanol–water partition coefficient (Wildman–Crippen LogP) is 2.36. The normalized spacial score (nSPS) is 15.5. The molecule has 1 atom stereocenters. The number of benzene rings is 1. The van der Waals surface area contributed by atoms with Crippen molar-refractivity contribution in [3.05, 3.63) is 38.4 Å². The Bertz CT molecular complexity index is 623. The number of nitro groups is 1. The third kappa shape index (κ3) is 3.11. The molecule has 1 aromatic carbocycles. The minimum atomic E-state index is -0.519. The SMILES string of the molecule is Cc1cc(C)c([N+](=O)[O-])c(C)c1C(=O)N(C)CC(O)C1CC1. The van der Waals surface area contributed by atoms with Crippen molar-refractivity contribution in [2.24, 2.45) is 5.92 Å². The molecule has 0 aliphatic heterocycles. The van der Waals surface area contributed by atoms with Gasteiger partial charge in [0.05, 0.1) is 16.6 Å². The van der Waals surface area contributed by atoms with Gasteiger partial charge in [0.1, 0.15) is 0 Å². The first kappa shape index (κ1) is 16.4. The molecule has 22 heavy (non-hydrogen) atoms. The van der Waals surface area contributed by atoms with E-state index in [2.05, 4.69) is 0 Å². The van der Waals surface area contributed by atoms with Gasteiger partial charge in [0.15, 0.2) is 0 Å². The average molecular weight is 306 g/mol. The van der Waals surface area contributed by atoms with E-state index in [4.69, 9.17) is 0 Å². The summed E-state index contributed by atoms with van der Waals surface area (Å²) in [6.07, 6.45) is 1.48. The van der Waals surface area contributed by atoms with Gasteiger partial charge in [-0.3, -0.25) is 14.9 Å². The monoisotopic (exact) mass is 306 g/mol. The molecular formula is C16H22N2O4. The van der Waals surface area contributed by atoms with Crippen LogP contribution < -0.4 is 0 Å². The summed E-state index contributed by atoms with van der Waals surface area (Å²) in [4.78, 5) is 24.9. The third-order valence-corrected chi connectivity index (χ3v) is 4.30. The van der Waals surface area contributed by atoms with Crippen molar-refractivity contribution in [1.82, 2.24) is 4.90 Å². The standard InChI is InChI=1S/C16H22N2O4/c1-9-7-10(2)15(18(21)22)11(3)14(9)16(20)17(4)8-13(19)12-5-6-12/h7,12-13,19H,5-6,8H2,1-4H3. The molecule has 0 aromatic heterocycles. The number of rotatable bonds is 5. The molecule has 2 rings (SSSR count). The number of carbonyl (C=O) groups excluding carboxylic acids is 1. The summed E-state index contributed by atoms with van der Waals surface area (Å²) in [6, 6.07) is 1.67. The summed E-state index contributed by atoms with van der Waals surface area (Å²) in [5.74, 6) is 0.00241. The van der Waals surface area contributed by atoms with Crippen molar-refractivity contribution in [3.8, 4) is 0 Å². The summed E-state index contributed by atoms with van der Waals surface area (Å²) >= 11 is 0. The summed E-state index contributed by atoms with van der Waals surface area (Å²) in [7, 11) is 1.62. The van der Waals surface area contributed by atoms with Crippen molar-refractivity contribution in [2.45, 2.75) is 39.7 Å². The molecule has 1 amide bonds. The number of amides is 1. The van der Waals surface area contributed by atoms with Gasteiger partial charge in [-0.15, -0.1) is 0 Å². The molecule has 120 valence electrons. The Morgan fingerprint density at radius 3 is 2.50 bits per heavy atom. The van der Waals surface area contributed by atoms with Crippen molar-refractivity contribution < 1.29 is 14.8 Å². The van der Waals surface area contributed by atoms with Gasteiger partial charge in [-0.1, -0.05) is 0 Å². The summed E-state index contributed by atoms with van der Waals surface area (Å²) in [5.41, 5.74) is 2.02. The quantitative estimate of drug-likeness (QED) is 0.668. The molecule has 1 saturated carbocycles. The van der Waals surface area contributed by atoms with E-state index in [1.807, 2.05) is 0 Å². The van der Waals surface area contributed by atoms with Gasteiger partial charge >= 0.3 is 0 Å². The van der Waals surface area contributed by atoms with E-state index >= 15 is 0 Å². The zero-order chi connectivity index (χ0) is 16.6. The van der Waals surface area contributed by atoms with Crippen LogP contribution in [0.1, 0.15) is 39.9 Å². The van der Waals surface area contributed by atoms with Crippen LogP contribution >= 0.6 is 0 Å². The van der Waals surface area contributed by atoms with Gasteiger partial charge in [-0.05, 0) is 51.2 Å². The molecule has 1 aliphatic rings. The lowest BCUT2D eigenvalue weighted by Crippen LogP contribution is -2.36. The average Bonchev–Trinajstić information content (AvgIpc) is 3.21. The zero-order valence-corrected chi connectivity index (χ0v) is 13.4. The highest BCUT2D eigenvalue weighted by Crippen LogP contribution is 2.33. The van der Waals surface area contributed by atoms with Crippen LogP contribution in [0, 0.1) is 36.8 Å². The molecule has 1 aromatic rings. The van der Waals surface area contributed by atoms with E-state index in [0.29, 0.717) is 16.7 Å². The van der Waals surface area contributed by atoms with Gasteiger partial charge in [0.25, 0.3) is 11.6 Å². The molecule has 1 fully saturated rings. The van der Waals surface area contributed by atoms with Crippen LogP contribution in [-0.4, -0.2) is 40.5 Å². The minimum Gasteiger partial charge on any atom is -0.391 e. The van der Waals surface area contributed by atoms with Crippen molar-refractivity contribution >= 4 is 11.6 Å². The van der Waals surface area contributed by atoms with Gasteiger partial charge < -0.3 is 10.0 Å². The van der Waals surface area contributed by atoms with Gasteiger partial charge in [0, 0.05) is 24.7 Å². The first-order valence-electron chi connectivity index (χ1n) is 7.42. The molecule has 6 heteroatoms. The molecule has 1 aliphatic carbocycles. The maximum Gasteiger partial charge on any atom is 0.275 e. The summed E-state index contributed by atoms with van der Waals surface area (Å²) in [5, 5.41) is 21.2. The van der Waals surface area contributed by atoms with E-state index in [-0.39, 0.29) is 24.1 Å². The number of likely N-dealkylation sites (N-methyl/N-ethyl adjacent to an activating group) is 1. The largest absolute Gasteiger partial charge is 0.391 e. The smallest absolute Gasteiger partial charge is 0.275 e. The molecule has 0 heterocycles. The number of aliphatic hydroxyl groups excluding tert-OH is 1. The number of aliphatic hydroxyl groups is 1. The lowest BCUT2D eigenvalue weighted by Gasteiger charge is -2.23. The Kier molecular flexibility index (Phi) is 4.51. The summed E-state index contributed by atoms with van der Waals surface area (Å²) < 4.78 is 0. The predicted molar refractivity (Wildman–Crippen MR) is 83.0 cm³/mol. The first-order chi connectivity index (χ1) is 10.2. The van der Waals surface area contributed by atoms with Crippen LogP contribution in [0.25, 0.3) is 0 Å². The third-order valence-electron chi connectivity index (χ3n) is 4.30. The first-order valence-corrected chi connectivity index (χ1v) is 7.42. The van der Waals surface area contributed by atoms with Crippen LogP contribution in [-0.2, 0) is 0 Å². The molecular weight excluding hydrogens is 284 g/mol. The maximum atomic E-state index is 12.6. The number of aryl methyl sites for hydroxylation is 2. The molecule has 0 radical (unpaired) electrons. The fourth-order valence-electron chi connectivity index (χ4n) is 2.97. The van der Waals surface area contributed by atoms with E-state index in [0.717, 1.165) is 18.4 Å². The number of hydrogen-bond donors (Lipinski definition) is 1. The van der Waals surface area contributed by atoms with Crippen LogP contribution in [0.15, 0.2) is 6.07 Å². The Balaban J connectivity index is 2.32. The lowest BCUT2D eigenvalue weighted by molar-refractivity contribution is -0.386. The molecule has 0 saturated heterocycles. The second-order valence-electron chi connectivity index (χ2n) is 6.21. The molecule has 0 bridgehead atoms. The summed E-state index contributed by atoms with van der Waals surface area (Å²) in [6.45, 7) is 5.32. The molecule has 1 N–H and O–H groups in total. The van der Waals surface area contributed by atoms with E-state index < -0.39 is 11.0 Å². The van der Waals surface area contributed by atoms with Gasteiger partial charge in [0.2, 0.25) is 0 Å². The van der Waals surface area contributed by atoms with Crippen LogP contribution in [0.5, 0.6) is 0 Å². The minimum absolute atomic E-state index is 0.00917. The van der Waals surface area contributed by atoms with Crippen molar-refractivity contribution in [2.75, 3.05) is 13.6 Å². The molecule has 1 unspecified atom stereocenters. The van der Waals surface area contributed by atoms with Gasteiger partial charge in [-0.25, -0.2) is 0 Å². The number of hydrogen-bond acceptors (Lipinski definition) is 4. The van der Waals surface area contributed by atoms with Crippen molar-refractivity contribution in [3.63, 3.8) is 0 Å². The maximum absolute atomic E-state index is 12.6. The molecule has 6 nitrogen and oxygen atoms in total. The number of nitrogens with zero attached hydrogens (tertiary/aromatic N) is 2. The number of nitro benzene ring substituents is 1. The highest BCUT2D eigenvalue weighted by Gasteiger charge is 2.32. The highest BCUT2D eigenvalue weighted by atomic mass is 16.6. The topological polar surface area (TPSA) is 83.7 Å². The second-order valence-corrected chi connectivity index (χ2v) is 6.21. The fraction of sp³-hybridized carbons (Fsp3) is 0.562. The Labute approximate surface area is 129 Å². The second kappa shape index (κ2) is 6.04. The van der Waals surface area contributed by atoms with Crippen molar-refractivity contribution in [1.29, 1.82) is 0 Å².